The topological polar surface area (TPSA) is 107 Å². The highest BCUT2D eigenvalue weighted by atomic mass is 16.2. The van der Waals surface area contributed by atoms with Crippen LogP contribution in [-0.2, 0) is 6.54 Å². The third-order valence-electron chi connectivity index (χ3n) is 5.09. The van der Waals surface area contributed by atoms with Gasteiger partial charge in [-0.05, 0) is 18.6 Å². The van der Waals surface area contributed by atoms with Crippen LogP contribution in [0.1, 0.15) is 39.5 Å². The summed E-state index contributed by atoms with van der Waals surface area (Å²) in [6.07, 6.45) is 4.78. The molecule has 0 saturated carbocycles. The van der Waals surface area contributed by atoms with Crippen molar-refractivity contribution in [3.05, 3.63) is 71.9 Å². The summed E-state index contributed by atoms with van der Waals surface area (Å²) in [6, 6.07) is 11.7. The Kier molecular flexibility index (Phi) is 4.27. The summed E-state index contributed by atoms with van der Waals surface area (Å²) in [5, 5.41) is 9.94. The van der Waals surface area contributed by atoms with Crippen molar-refractivity contribution in [1.82, 2.24) is 29.6 Å². The Bertz CT molecular complexity index is 1260. The molecule has 0 unspecified atom stereocenters. The van der Waals surface area contributed by atoms with E-state index in [4.69, 9.17) is 0 Å². The van der Waals surface area contributed by atoms with E-state index >= 15 is 0 Å². The van der Waals surface area contributed by atoms with E-state index in [9.17, 15) is 9.59 Å². The zero-order valence-corrected chi connectivity index (χ0v) is 16.2. The van der Waals surface area contributed by atoms with E-state index in [-0.39, 0.29) is 23.6 Å². The molecule has 9 heteroatoms. The predicted octanol–water partition coefficient (Wildman–Crippen LogP) is 2.23. The molecular weight excluding hydrogens is 382 g/mol. The van der Waals surface area contributed by atoms with Crippen LogP contribution in [-0.4, -0.2) is 42.7 Å². The van der Waals surface area contributed by atoms with Crippen LogP contribution in [0.5, 0.6) is 0 Å². The summed E-state index contributed by atoms with van der Waals surface area (Å²) >= 11 is 0. The summed E-state index contributed by atoms with van der Waals surface area (Å²) in [7, 11) is 0. The number of carbonyl (C=O) groups excluding carboxylic acids is 2. The first-order valence-electron chi connectivity index (χ1n) is 9.62. The number of benzene rings is 1. The Morgan fingerprint density at radius 2 is 2.10 bits per heavy atom. The van der Waals surface area contributed by atoms with E-state index in [2.05, 4.69) is 25.7 Å². The van der Waals surface area contributed by atoms with Gasteiger partial charge in [-0.25, -0.2) is 4.98 Å². The number of fused-ring (bicyclic) bond motifs is 3. The Labute approximate surface area is 171 Å². The van der Waals surface area contributed by atoms with Gasteiger partial charge >= 0.3 is 0 Å². The van der Waals surface area contributed by atoms with Gasteiger partial charge in [0.25, 0.3) is 11.8 Å². The summed E-state index contributed by atoms with van der Waals surface area (Å²) in [5.41, 5.74) is 3.48. The monoisotopic (exact) mass is 401 g/mol. The highest BCUT2D eigenvalue weighted by molar-refractivity contribution is 6.04. The van der Waals surface area contributed by atoms with Crippen molar-refractivity contribution in [3.8, 4) is 0 Å². The van der Waals surface area contributed by atoms with Crippen LogP contribution in [0, 0.1) is 0 Å². The first kappa shape index (κ1) is 18.0. The number of aromatic nitrogens is 5. The van der Waals surface area contributed by atoms with Gasteiger partial charge in [0, 0.05) is 12.7 Å². The first-order chi connectivity index (χ1) is 14.6. The van der Waals surface area contributed by atoms with Crippen molar-refractivity contribution in [2.45, 2.75) is 19.5 Å². The number of rotatable bonds is 4. The molecule has 9 nitrogen and oxygen atoms in total. The Morgan fingerprint density at radius 3 is 2.93 bits per heavy atom. The fourth-order valence-electron chi connectivity index (χ4n) is 3.61. The van der Waals surface area contributed by atoms with Crippen LogP contribution in [0.4, 0.5) is 5.69 Å². The van der Waals surface area contributed by atoms with E-state index < -0.39 is 0 Å². The van der Waals surface area contributed by atoms with Gasteiger partial charge in [-0.15, -0.1) is 0 Å². The lowest BCUT2D eigenvalue weighted by Crippen LogP contribution is -2.37. The molecule has 0 fully saturated rings. The molecule has 0 aliphatic carbocycles. The Hall–Kier alpha value is -4.01. The average Bonchev–Trinajstić information content (AvgIpc) is 3.36. The second kappa shape index (κ2) is 7.11. The lowest BCUT2D eigenvalue weighted by molar-refractivity contribution is 0.0918. The fourth-order valence-corrected chi connectivity index (χ4v) is 3.61. The second-order valence-electron chi connectivity index (χ2n) is 7.29. The molecule has 1 atom stereocenters. The molecule has 3 aromatic heterocycles. The normalized spacial score (nSPS) is 15.6. The van der Waals surface area contributed by atoms with Gasteiger partial charge in [0.05, 0.1) is 30.7 Å². The maximum atomic E-state index is 12.7. The lowest BCUT2D eigenvalue weighted by atomic mass is 10.2. The van der Waals surface area contributed by atoms with Gasteiger partial charge in [0.15, 0.2) is 5.65 Å². The minimum absolute atomic E-state index is 0.0269. The van der Waals surface area contributed by atoms with Gasteiger partial charge in [-0.3, -0.25) is 19.3 Å². The molecule has 0 saturated heterocycles. The van der Waals surface area contributed by atoms with E-state index in [0.29, 0.717) is 35.6 Å². The molecule has 4 aromatic rings. The van der Waals surface area contributed by atoms with Crippen molar-refractivity contribution >= 4 is 28.7 Å². The van der Waals surface area contributed by atoms with Gasteiger partial charge < -0.3 is 15.2 Å². The van der Waals surface area contributed by atoms with E-state index in [1.54, 1.807) is 23.1 Å². The lowest BCUT2D eigenvalue weighted by Gasteiger charge is -2.23. The van der Waals surface area contributed by atoms with Crippen LogP contribution in [0.3, 0.4) is 0 Å². The molecule has 5 rings (SSSR count). The smallest absolute Gasteiger partial charge is 0.276 e. The number of anilines is 1. The maximum absolute atomic E-state index is 12.7. The minimum Gasteiger partial charge on any atom is -0.349 e. The van der Waals surface area contributed by atoms with Crippen molar-refractivity contribution in [3.63, 3.8) is 0 Å². The molecule has 4 heterocycles. The zero-order chi connectivity index (χ0) is 20.7. The zero-order valence-electron chi connectivity index (χ0n) is 16.2. The molecule has 2 amide bonds. The molecule has 1 aliphatic heterocycles. The fraction of sp³-hybridized carbons (Fsp3) is 0.190. The van der Waals surface area contributed by atoms with Gasteiger partial charge in [0.1, 0.15) is 16.9 Å². The van der Waals surface area contributed by atoms with E-state index in [0.717, 1.165) is 5.56 Å². The predicted molar refractivity (Wildman–Crippen MR) is 110 cm³/mol. The number of amides is 2. The summed E-state index contributed by atoms with van der Waals surface area (Å²) in [6.45, 7) is 3.10. The molecule has 30 heavy (non-hydrogen) atoms. The first-order valence-corrected chi connectivity index (χ1v) is 9.62. The Balaban J connectivity index is 1.38. The van der Waals surface area contributed by atoms with Crippen LogP contribution in [0.2, 0.25) is 0 Å². The number of hydrogen-bond donors (Lipinski definition) is 2. The average molecular weight is 401 g/mol. The maximum Gasteiger partial charge on any atom is 0.276 e. The van der Waals surface area contributed by atoms with Crippen molar-refractivity contribution in [1.29, 1.82) is 0 Å². The molecule has 1 aromatic carbocycles. The molecule has 150 valence electrons. The van der Waals surface area contributed by atoms with Crippen LogP contribution >= 0.6 is 0 Å². The van der Waals surface area contributed by atoms with Gasteiger partial charge in [-0.1, -0.05) is 30.3 Å². The molecule has 0 spiro atoms. The van der Waals surface area contributed by atoms with Crippen molar-refractivity contribution in [2.75, 3.05) is 11.9 Å². The Morgan fingerprint density at radius 1 is 1.27 bits per heavy atom. The van der Waals surface area contributed by atoms with E-state index in [1.807, 2.05) is 41.8 Å². The number of nitrogens with zero attached hydrogens (tertiary/aromatic N) is 5. The highest BCUT2D eigenvalue weighted by Crippen LogP contribution is 2.24. The summed E-state index contributed by atoms with van der Waals surface area (Å²) < 4.78 is 3.58. The standard InChI is InChI=1S/C21H19N7O2/c1-13-8-23-21(30)18-7-16-19(28(13)18)26-17(10-22-16)20(29)25-15-9-24-27(12-15)11-14-5-3-2-4-6-14/h2-7,9-10,12-13H,8,11H2,1H3,(H,23,30)(H,25,29)/t13-/m1/s1. The van der Waals surface area contributed by atoms with Crippen molar-refractivity contribution < 1.29 is 9.59 Å². The SMILES string of the molecule is C[C@@H]1CNC(=O)c2cc3ncc(C(=O)Nc4cnn(Cc5ccccc5)c4)nc3n21. The number of carbonyl (C=O) groups is 2. The molecule has 2 N–H and O–H groups in total. The number of nitrogens with one attached hydrogen (secondary N) is 2. The van der Waals surface area contributed by atoms with Gasteiger partial charge in [0.2, 0.25) is 0 Å². The minimum atomic E-state index is -0.382. The second-order valence-corrected chi connectivity index (χ2v) is 7.29. The number of hydrogen-bond acceptors (Lipinski definition) is 5. The third kappa shape index (κ3) is 3.20. The molecule has 0 radical (unpaired) electrons. The van der Waals surface area contributed by atoms with Crippen LogP contribution in [0.25, 0.3) is 11.2 Å². The summed E-state index contributed by atoms with van der Waals surface area (Å²) in [4.78, 5) is 33.7. The molecule has 1 aliphatic rings. The van der Waals surface area contributed by atoms with E-state index in [1.165, 1.54) is 6.20 Å². The summed E-state index contributed by atoms with van der Waals surface area (Å²) in [5.74, 6) is -0.545. The van der Waals surface area contributed by atoms with Crippen molar-refractivity contribution in [2.24, 2.45) is 0 Å². The highest BCUT2D eigenvalue weighted by Gasteiger charge is 2.26. The van der Waals surface area contributed by atoms with Gasteiger partial charge in [-0.2, -0.15) is 5.10 Å². The van der Waals surface area contributed by atoms with Crippen LogP contribution in [0.15, 0.2) is 55.0 Å². The largest absolute Gasteiger partial charge is 0.349 e. The molecular formula is C21H19N7O2. The third-order valence-corrected chi connectivity index (χ3v) is 5.09. The molecule has 0 bridgehead atoms. The quantitative estimate of drug-likeness (QED) is 0.545. The van der Waals surface area contributed by atoms with Crippen LogP contribution < -0.4 is 10.6 Å².